The number of aliphatic hydroxyl groups is 1. The van der Waals surface area contributed by atoms with Crippen LogP contribution in [0.4, 0.5) is 8.78 Å². The summed E-state index contributed by atoms with van der Waals surface area (Å²) in [5.74, 6) is -2.70. The number of carboxylic acids is 1. The molecule has 0 aliphatic heterocycles. The lowest BCUT2D eigenvalue weighted by Gasteiger charge is -2.23. The minimum absolute atomic E-state index is 0.0966. The van der Waals surface area contributed by atoms with Crippen molar-refractivity contribution in [1.82, 2.24) is 0 Å². The second-order valence-electron chi connectivity index (χ2n) is 4.57. The molecule has 0 spiro atoms. The lowest BCUT2D eigenvalue weighted by Crippen LogP contribution is -2.26. The van der Waals surface area contributed by atoms with Gasteiger partial charge in [0.05, 0.1) is 11.5 Å². The van der Waals surface area contributed by atoms with Crippen LogP contribution in [0.2, 0.25) is 0 Å². The Bertz CT molecular complexity index is 430. The molecular formula is C12H14F2O3. The molecule has 94 valence electrons. The van der Waals surface area contributed by atoms with Gasteiger partial charge in [-0.1, -0.05) is 6.07 Å². The number of halogens is 2. The fourth-order valence-electron chi connectivity index (χ4n) is 1.45. The first-order valence-electron chi connectivity index (χ1n) is 5.10. The first-order chi connectivity index (χ1) is 7.74. The van der Waals surface area contributed by atoms with Gasteiger partial charge in [0.25, 0.3) is 0 Å². The molecule has 0 saturated carbocycles. The van der Waals surface area contributed by atoms with Crippen LogP contribution in [0.3, 0.4) is 0 Å². The van der Waals surface area contributed by atoms with Crippen LogP contribution in [0.25, 0.3) is 0 Å². The third-order valence-electron chi connectivity index (χ3n) is 2.60. The van der Waals surface area contributed by atoms with Crippen LogP contribution in [-0.2, 0) is 4.79 Å². The van der Waals surface area contributed by atoms with Crippen molar-refractivity contribution in [2.75, 3.05) is 0 Å². The molecule has 1 aromatic rings. The van der Waals surface area contributed by atoms with Crippen LogP contribution in [0.5, 0.6) is 0 Å². The molecule has 1 atom stereocenters. The van der Waals surface area contributed by atoms with E-state index in [1.165, 1.54) is 13.8 Å². The monoisotopic (exact) mass is 244 g/mol. The van der Waals surface area contributed by atoms with E-state index in [2.05, 4.69) is 0 Å². The van der Waals surface area contributed by atoms with Gasteiger partial charge in [-0.05, 0) is 26.3 Å². The summed E-state index contributed by atoms with van der Waals surface area (Å²) in [5, 5.41) is 18.6. The zero-order chi connectivity index (χ0) is 13.2. The van der Waals surface area contributed by atoms with Gasteiger partial charge in [0.2, 0.25) is 0 Å². The first-order valence-corrected chi connectivity index (χ1v) is 5.10. The highest BCUT2D eigenvalue weighted by Gasteiger charge is 2.31. The van der Waals surface area contributed by atoms with E-state index < -0.39 is 29.1 Å². The molecule has 0 aromatic heterocycles. The van der Waals surface area contributed by atoms with E-state index in [1.807, 2.05) is 0 Å². The summed E-state index contributed by atoms with van der Waals surface area (Å²) in [6, 6.07) is 2.80. The third kappa shape index (κ3) is 3.23. The number of aliphatic hydroxyl groups excluding tert-OH is 1. The average molecular weight is 244 g/mol. The van der Waals surface area contributed by atoms with E-state index in [4.69, 9.17) is 5.11 Å². The van der Waals surface area contributed by atoms with Crippen molar-refractivity contribution in [2.45, 2.75) is 26.4 Å². The van der Waals surface area contributed by atoms with Crippen LogP contribution in [-0.4, -0.2) is 16.2 Å². The molecule has 0 fully saturated rings. The Morgan fingerprint density at radius 1 is 1.41 bits per heavy atom. The van der Waals surface area contributed by atoms with Crippen LogP contribution in [0.1, 0.15) is 31.9 Å². The number of carboxylic acid groups (broad SMARTS) is 1. The Hall–Kier alpha value is -1.49. The molecule has 0 radical (unpaired) electrons. The topological polar surface area (TPSA) is 57.5 Å². The van der Waals surface area contributed by atoms with Crippen molar-refractivity contribution >= 4 is 5.97 Å². The van der Waals surface area contributed by atoms with Crippen molar-refractivity contribution in [3.63, 3.8) is 0 Å². The van der Waals surface area contributed by atoms with Gasteiger partial charge in [-0.25, -0.2) is 8.78 Å². The highest BCUT2D eigenvalue weighted by molar-refractivity contribution is 5.73. The quantitative estimate of drug-likeness (QED) is 0.855. The van der Waals surface area contributed by atoms with Crippen LogP contribution in [0, 0.1) is 17.0 Å². The summed E-state index contributed by atoms with van der Waals surface area (Å²) in [6.45, 7) is 2.86. The van der Waals surface area contributed by atoms with Crippen molar-refractivity contribution in [3.8, 4) is 0 Å². The van der Waals surface area contributed by atoms with Gasteiger partial charge in [-0.15, -0.1) is 0 Å². The Balaban J connectivity index is 2.90. The Labute approximate surface area is 97.7 Å². The van der Waals surface area contributed by atoms with E-state index in [0.717, 1.165) is 12.1 Å². The van der Waals surface area contributed by atoms with Crippen molar-refractivity contribution < 1.29 is 23.8 Å². The summed E-state index contributed by atoms with van der Waals surface area (Å²) in [5.41, 5.74) is -1.28. The van der Waals surface area contributed by atoms with Crippen molar-refractivity contribution in [2.24, 2.45) is 5.41 Å². The zero-order valence-corrected chi connectivity index (χ0v) is 9.58. The number of hydrogen-bond acceptors (Lipinski definition) is 2. The smallest absolute Gasteiger partial charge is 0.309 e. The average Bonchev–Trinajstić information content (AvgIpc) is 2.15. The maximum Gasteiger partial charge on any atom is 0.309 e. The van der Waals surface area contributed by atoms with E-state index in [9.17, 15) is 18.7 Å². The molecule has 2 N–H and O–H groups in total. The molecule has 0 bridgehead atoms. The number of carbonyl (C=O) groups is 1. The Morgan fingerprint density at radius 3 is 2.47 bits per heavy atom. The van der Waals surface area contributed by atoms with E-state index in [1.54, 1.807) is 0 Å². The summed E-state index contributed by atoms with van der Waals surface area (Å²) in [6.07, 6.45) is -1.42. The van der Waals surface area contributed by atoms with Gasteiger partial charge in [-0.2, -0.15) is 0 Å². The van der Waals surface area contributed by atoms with Gasteiger partial charge < -0.3 is 10.2 Å². The van der Waals surface area contributed by atoms with Crippen LogP contribution < -0.4 is 0 Å². The summed E-state index contributed by atoms with van der Waals surface area (Å²) in [7, 11) is 0. The number of benzene rings is 1. The lowest BCUT2D eigenvalue weighted by molar-refractivity contribution is -0.148. The normalized spacial score (nSPS) is 13.5. The van der Waals surface area contributed by atoms with Crippen molar-refractivity contribution in [1.29, 1.82) is 0 Å². The number of rotatable bonds is 4. The maximum absolute atomic E-state index is 13.3. The van der Waals surface area contributed by atoms with E-state index in [0.29, 0.717) is 6.07 Å². The minimum Gasteiger partial charge on any atom is -0.481 e. The Morgan fingerprint density at radius 2 is 2.00 bits per heavy atom. The summed E-state index contributed by atoms with van der Waals surface area (Å²) < 4.78 is 26.0. The SMILES string of the molecule is CC(C)(CC(O)c1ccc(F)cc1F)C(=O)O. The highest BCUT2D eigenvalue weighted by atomic mass is 19.1. The predicted octanol–water partition coefficient (Wildman–Crippen LogP) is 2.50. The number of hydrogen-bond donors (Lipinski definition) is 2. The summed E-state index contributed by atoms with van der Waals surface area (Å²) in [4.78, 5) is 10.9. The molecule has 1 rings (SSSR count). The molecule has 0 saturated heterocycles. The fourth-order valence-corrected chi connectivity index (χ4v) is 1.45. The maximum atomic E-state index is 13.3. The standard InChI is InChI=1S/C12H14F2O3/c1-12(2,11(16)17)6-10(15)8-4-3-7(13)5-9(8)14/h3-5,10,15H,6H2,1-2H3,(H,16,17). The van der Waals surface area contributed by atoms with Gasteiger partial charge in [0.1, 0.15) is 11.6 Å². The predicted molar refractivity (Wildman–Crippen MR) is 57.4 cm³/mol. The molecule has 3 nitrogen and oxygen atoms in total. The minimum atomic E-state index is -1.28. The lowest BCUT2D eigenvalue weighted by atomic mass is 9.85. The molecule has 0 heterocycles. The van der Waals surface area contributed by atoms with Gasteiger partial charge in [0, 0.05) is 11.6 Å². The molecule has 0 aliphatic carbocycles. The largest absolute Gasteiger partial charge is 0.481 e. The molecule has 5 heteroatoms. The molecule has 1 unspecified atom stereocenters. The van der Waals surface area contributed by atoms with Crippen LogP contribution in [0.15, 0.2) is 18.2 Å². The third-order valence-corrected chi connectivity index (χ3v) is 2.60. The molecule has 0 aliphatic rings. The van der Waals surface area contributed by atoms with Gasteiger partial charge >= 0.3 is 5.97 Å². The molecule has 17 heavy (non-hydrogen) atoms. The zero-order valence-electron chi connectivity index (χ0n) is 9.58. The van der Waals surface area contributed by atoms with Crippen LogP contribution >= 0.6 is 0 Å². The van der Waals surface area contributed by atoms with E-state index >= 15 is 0 Å². The molecule has 1 aromatic carbocycles. The second kappa shape index (κ2) is 4.79. The second-order valence-corrected chi connectivity index (χ2v) is 4.57. The van der Waals surface area contributed by atoms with Gasteiger partial charge in [-0.3, -0.25) is 4.79 Å². The fraction of sp³-hybridized carbons (Fsp3) is 0.417. The van der Waals surface area contributed by atoms with Crippen molar-refractivity contribution in [3.05, 3.63) is 35.4 Å². The molecule has 0 amide bonds. The Kier molecular flexibility index (Phi) is 3.83. The summed E-state index contributed by atoms with van der Waals surface area (Å²) >= 11 is 0. The van der Waals surface area contributed by atoms with Gasteiger partial charge in [0.15, 0.2) is 0 Å². The van der Waals surface area contributed by atoms with E-state index in [-0.39, 0.29) is 12.0 Å². The molecular weight excluding hydrogens is 230 g/mol. The number of aliphatic carboxylic acids is 1. The highest BCUT2D eigenvalue weighted by Crippen LogP contribution is 2.31. The first kappa shape index (κ1) is 13.6.